The van der Waals surface area contributed by atoms with Crippen LogP contribution in [0.3, 0.4) is 0 Å². The molecule has 3 aliphatic carbocycles. The molecule has 0 spiro atoms. The molecule has 0 amide bonds. The van der Waals surface area contributed by atoms with Gasteiger partial charge in [0.1, 0.15) is 5.76 Å². The van der Waals surface area contributed by atoms with Crippen LogP contribution in [-0.4, -0.2) is 11.1 Å². The predicted octanol–water partition coefficient (Wildman–Crippen LogP) is 5.82. The Balaban J connectivity index is 1.32. The van der Waals surface area contributed by atoms with Crippen LogP contribution in [0.1, 0.15) is 81.3 Å². The van der Waals surface area contributed by atoms with Crippen LogP contribution in [0.25, 0.3) is 5.76 Å². The Morgan fingerprint density at radius 3 is 2.12 bits per heavy atom. The Morgan fingerprint density at radius 2 is 1.58 bits per heavy atom. The summed E-state index contributed by atoms with van der Waals surface area (Å²) in [5, 5.41) is 13.9. The first-order chi connectivity index (χ1) is 11.8. The molecular weight excluding hydrogens is 294 g/mol. The second-order valence-electron chi connectivity index (χ2n) is 7.80. The summed E-state index contributed by atoms with van der Waals surface area (Å²) in [4.78, 5) is 0. The number of rotatable bonds is 4. The molecule has 0 heterocycles. The van der Waals surface area contributed by atoms with Crippen molar-refractivity contribution in [3.63, 3.8) is 0 Å². The zero-order valence-electron chi connectivity index (χ0n) is 14.6. The van der Waals surface area contributed by atoms with Gasteiger partial charge in [-0.25, -0.2) is 0 Å². The lowest BCUT2D eigenvalue weighted by molar-refractivity contribution is 0.365. The van der Waals surface area contributed by atoms with Crippen LogP contribution in [0, 0.1) is 0 Å². The molecule has 0 aromatic heterocycles. The van der Waals surface area contributed by atoms with E-state index in [1.807, 2.05) is 0 Å². The Bertz CT molecular complexity index is 620. The molecular formula is C22H29NO. The van der Waals surface area contributed by atoms with E-state index in [-0.39, 0.29) is 0 Å². The molecule has 0 unspecified atom stereocenters. The van der Waals surface area contributed by atoms with Crippen molar-refractivity contribution < 1.29 is 5.11 Å². The van der Waals surface area contributed by atoms with Gasteiger partial charge in [0.2, 0.25) is 0 Å². The van der Waals surface area contributed by atoms with E-state index >= 15 is 0 Å². The van der Waals surface area contributed by atoms with Crippen LogP contribution in [0.4, 0.5) is 0 Å². The van der Waals surface area contributed by atoms with E-state index in [1.54, 1.807) is 5.57 Å². The van der Waals surface area contributed by atoms with Crippen molar-refractivity contribution in [1.82, 2.24) is 5.32 Å². The van der Waals surface area contributed by atoms with Crippen LogP contribution in [0.15, 0.2) is 41.6 Å². The average Bonchev–Trinajstić information content (AvgIpc) is 2.53. The van der Waals surface area contributed by atoms with E-state index in [0.29, 0.717) is 17.7 Å². The summed E-state index contributed by atoms with van der Waals surface area (Å²) in [5.41, 5.74) is 5.28. The van der Waals surface area contributed by atoms with Crippen LogP contribution < -0.4 is 5.32 Å². The fraction of sp³-hybridized carbons (Fsp3) is 0.545. The molecule has 0 aliphatic heterocycles. The minimum Gasteiger partial charge on any atom is -0.507 e. The first-order valence-corrected chi connectivity index (χ1v) is 9.75. The van der Waals surface area contributed by atoms with Gasteiger partial charge >= 0.3 is 0 Å². The van der Waals surface area contributed by atoms with Gasteiger partial charge in [0.15, 0.2) is 0 Å². The Morgan fingerprint density at radius 1 is 0.917 bits per heavy atom. The van der Waals surface area contributed by atoms with Crippen molar-refractivity contribution >= 4 is 5.76 Å². The standard InChI is InChI=1S/C22H29NO/c24-22(19-5-2-6-19)20-9-7-17(8-10-20)18-11-13-21(14-12-18)23-15-16-3-1-4-16/h7-10,15,18,21,23-24H,1-6,11-14H2. The normalized spacial score (nSPS) is 26.3. The third-order valence-electron chi connectivity index (χ3n) is 6.19. The monoisotopic (exact) mass is 323 g/mol. The molecule has 0 saturated heterocycles. The second kappa shape index (κ2) is 7.04. The van der Waals surface area contributed by atoms with E-state index in [1.165, 1.54) is 62.5 Å². The minimum atomic E-state index is 0.532. The number of aliphatic hydroxyl groups is 1. The Hall–Kier alpha value is -1.70. The van der Waals surface area contributed by atoms with Crippen LogP contribution in [0.5, 0.6) is 0 Å². The van der Waals surface area contributed by atoms with E-state index in [2.05, 4.69) is 35.8 Å². The van der Waals surface area contributed by atoms with Crippen molar-refractivity contribution in [2.75, 3.05) is 0 Å². The number of benzene rings is 1. The molecule has 3 fully saturated rings. The van der Waals surface area contributed by atoms with E-state index < -0.39 is 0 Å². The molecule has 2 N–H and O–H groups in total. The SMILES string of the molecule is OC(=C1CCC1)c1ccc(C2CCC(NC=C3CCC3)CC2)cc1. The average molecular weight is 323 g/mol. The Labute approximate surface area is 145 Å². The zero-order chi connectivity index (χ0) is 16.4. The molecule has 1 aromatic rings. The number of nitrogens with one attached hydrogen (secondary N) is 1. The van der Waals surface area contributed by atoms with E-state index in [0.717, 1.165) is 18.4 Å². The van der Waals surface area contributed by atoms with E-state index in [9.17, 15) is 5.11 Å². The summed E-state index contributed by atoms with van der Waals surface area (Å²) in [6.45, 7) is 0. The molecule has 2 heteroatoms. The number of hydrogen-bond acceptors (Lipinski definition) is 2. The fourth-order valence-corrected chi connectivity index (χ4v) is 4.06. The highest BCUT2D eigenvalue weighted by molar-refractivity contribution is 5.63. The van der Waals surface area contributed by atoms with Gasteiger partial charge in [-0.3, -0.25) is 0 Å². The van der Waals surface area contributed by atoms with Crippen LogP contribution in [-0.2, 0) is 0 Å². The molecule has 128 valence electrons. The highest BCUT2D eigenvalue weighted by Crippen LogP contribution is 2.35. The maximum atomic E-state index is 10.3. The van der Waals surface area contributed by atoms with Gasteiger partial charge in [0, 0.05) is 11.6 Å². The van der Waals surface area contributed by atoms with Crippen molar-refractivity contribution in [1.29, 1.82) is 0 Å². The molecule has 3 aliphatic rings. The van der Waals surface area contributed by atoms with Crippen molar-refractivity contribution in [3.05, 3.63) is 52.7 Å². The maximum absolute atomic E-state index is 10.3. The number of aliphatic hydroxyl groups excluding tert-OH is 1. The van der Waals surface area contributed by atoms with Gasteiger partial charge in [-0.05, 0) is 87.5 Å². The molecule has 2 nitrogen and oxygen atoms in total. The van der Waals surface area contributed by atoms with Crippen molar-refractivity contribution in [3.8, 4) is 0 Å². The third kappa shape index (κ3) is 3.38. The largest absolute Gasteiger partial charge is 0.507 e. The summed E-state index contributed by atoms with van der Waals surface area (Å²) >= 11 is 0. The molecule has 1 aromatic carbocycles. The number of hydrogen-bond donors (Lipinski definition) is 2. The summed E-state index contributed by atoms with van der Waals surface area (Å²) in [5.74, 6) is 1.22. The quantitative estimate of drug-likeness (QED) is 0.684. The summed E-state index contributed by atoms with van der Waals surface area (Å²) in [6.07, 6.45) is 14.7. The van der Waals surface area contributed by atoms with Crippen LogP contribution >= 0.6 is 0 Å². The van der Waals surface area contributed by atoms with Gasteiger partial charge in [0.05, 0.1) is 0 Å². The van der Waals surface area contributed by atoms with E-state index in [4.69, 9.17) is 0 Å². The van der Waals surface area contributed by atoms with Gasteiger partial charge in [-0.2, -0.15) is 0 Å². The fourth-order valence-electron chi connectivity index (χ4n) is 4.06. The second-order valence-corrected chi connectivity index (χ2v) is 7.80. The van der Waals surface area contributed by atoms with Gasteiger partial charge in [0.25, 0.3) is 0 Å². The number of allylic oxidation sites excluding steroid dienone is 2. The molecule has 3 saturated carbocycles. The highest BCUT2D eigenvalue weighted by atomic mass is 16.3. The smallest absolute Gasteiger partial charge is 0.121 e. The van der Waals surface area contributed by atoms with Crippen molar-refractivity contribution in [2.45, 2.75) is 76.2 Å². The summed E-state index contributed by atoms with van der Waals surface area (Å²) in [6, 6.07) is 9.36. The van der Waals surface area contributed by atoms with Crippen LogP contribution in [0.2, 0.25) is 0 Å². The minimum absolute atomic E-state index is 0.532. The molecule has 0 bridgehead atoms. The lowest BCUT2D eigenvalue weighted by Gasteiger charge is -2.30. The van der Waals surface area contributed by atoms with Crippen molar-refractivity contribution in [2.24, 2.45) is 0 Å². The molecule has 0 radical (unpaired) electrons. The first kappa shape index (κ1) is 15.8. The predicted molar refractivity (Wildman–Crippen MR) is 99.9 cm³/mol. The lowest BCUT2D eigenvalue weighted by atomic mass is 9.81. The zero-order valence-corrected chi connectivity index (χ0v) is 14.6. The Kier molecular flexibility index (Phi) is 4.64. The lowest BCUT2D eigenvalue weighted by Crippen LogP contribution is -2.29. The summed E-state index contributed by atoms with van der Waals surface area (Å²) < 4.78 is 0. The van der Waals surface area contributed by atoms with Gasteiger partial charge in [-0.15, -0.1) is 0 Å². The maximum Gasteiger partial charge on any atom is 0.121 e. The first-order valence-electron chi connectivity index (χ1n) is 9.75. The molecule has 4 rings (SSSR count). The highest BCUT2D eigenvalue weighted by Gasteiger charge is 2.22. The summed E-state index contributed by atoms with van der Waals surface area (Å²) in [7, 11) is 0. The third-order valence-corrected chi connectivity index (χ3v) is 6.19. The molecule has 24 heavy (non-hydrogen) atoms. The topological polar surface area (TPSA) is 32.3 Å². The van der Waals surface area contributed by atoms with Gasteiger partial charge in [-0.1, -0.05) is 29.8 Å². The van der Waals surface area contributed by atoms with Gasteiger partial charge < -0.3 is 10.4 Å². The molecule has 0 atom stereocenters.